The molecule has 0 aliphatic carbocycles. The molecule has 1 aromatic carbocycles. The normalized spacial score (nSPS) is 11.0. The number of aromatic nitrogens is 1. The number of aryl methyl sites for hydroxylation is 1. The van der Waals surface area contributed by atoms with Crippen molar-refractivity contribution in [1.29, 1.82) is 5.26 Å². The van der Waals surface area contributed by atoms with Crippen LogP contribution in [0.15, 0.2) is 29.8 Å². The number of halogens is 1. The molecule has 0 unspecified atom stereocenters. The van der Waals surface area contributed by atoms with Crippen LogP contribution in [-0.4, -0.2) is 16.0 Å². The van der Waals surface area contributed by atoms with Gasteiger partial charge in [0.25, 0.3) is 0 Å². The summed E-state index contributed by atoms with van der Waals surface area (Å²) in [5.41, 5.74) is 4.05. The number of Topliss-reactive ketones (excluding diaryl/α,β-unsaturated/α-hetero) is 1. The first-order valence-corrected chi connectivity index (χ1v) is 14.0. The van der Waals surface area contributed by atoms with E-state index in [-0.39, 0.29) is 11.4 Å². The summed E-state index contributed by atoms with van der Waals surface area (Å²) in [6, 6.07) is 8.17. The van der Waals surface area contributed by atoms with E-state index in [9.17, 15) is 10.1 Å². The number of allylic oxidation sites excluding steroid dienone is 2. The first kappa shape index (κ1) is 24.9. The van der Waals surface area contributed by atoms with Crippen LogP contribution in [0.4, 0.5) is 5.69 Å². The van der Waals surface area contributed by atoms with Crippen LogP contribution < -0.4 is 4.72 Å². The van der Waals surface area contributed by atoms with Crippen LogP contribution in [0.25, 0.3) is 10.9 Å². The largest absolute Gasteiger partial charge is 0.330 e. The van der Waals surface area contributed by atoms with Crippen LogP contribution in [0, 0.1) is 11.3 Å². The maximum atomic E-state index is 12.7. The third-order valence-corrected chi connectivity index (χ3v) is 6.34. The number of nitrogens with one attached hydrogen (secondary N) is 1. The molecular weight excluding hydrogens is 501 g/mol. The third kappa shape index (κ3) is 5.94. The van der Waals surface area contributed by atoms with Crippen molar-refractivity contribution in [3.8, 4) is 6.07 Å². The van der Waals surface area contributed by atoms with Gasteiger partial charge in [-0.3, -0.25) is 8.77 Å². The van der Waals surface area contributed by atoms with Crippen molar-refractivity contribution in [2.75, 3.05) is 11.0 Å². The number of anilines is 1. The highest BCUT2D eigenvalue weighted by molar-refractivity contribution is 14.2. The van der Waals surface area contributed by atoms with Gasteiger partial charge < -0.3 is 4.72 Å². The lowest BCUT2D eigenvalue weighted by Crippen LogP contribution is -2.06. The van der Waals surface area contributed by atoms with Gasteiger partial charge in [-0.15, -0.1) is 0 Å². The van der Waals surface area contributed by atoms with Gasteiger partial charge in [0.1, 0.15) is 11.8 Å². The van der Waals surface area contributed by atoms with E-state index in [2.05, 4.69) is 45.0 Å². The molecule has 1 aromatic heterocycles. The Balaban J connectivity index is 0.00000190. The average molecular weight is 530 g/mol. The van der Waals surface area contributed by atoms with Crippen molar-refractivity contribution in [2.45, 2.75) is 53.4 Å². The Kier molecular flexibility index (Phi) is 11.7. The van der Waals surface area contributed by atoms with Gasteiger partial charge in [0, 0.05) is 47.7 Å². The van der Waals surface area contributed by atoms with E-state index in [0.717, 1.165) is 29.4 Å². The van der Waals surface area contributed by atoms with Gasteiger partial charge in [-0.1, -0.05) is 51.6 Å². The zero-order valence-corrected chi connectivity index (χ0v) is 20.9. The fourth-order valence-electron chi connectivity index (χ4n) is 2.87. The Hall–Kier alpha value is -1.11. The first-order chi connectivity index (χ1) is 13.6. The number of benzene rings is 1. The number of unbranched alkanes of at least 4 members (excludes halogenated alkanes) is 2. The SMILES string of the molecule is C/C=C(\C#N)C(=O)c1cc2cc(CCCCC)c(NSC)cc2n1SI.CC. The number of nitriles is 1. The highest BCUT2D eigenvalue weighted by Crippen LogP contribution is 2.34. The average Bonchev–Trinajstić information content (AvgIpc) is 3.08. The van der Waals surface area contributed by atoms with Gasteiger partial charge in [-0.25, -0.2) is 0 Å². The molecule has 0 aliphatic rings. The Morgan fingerprint density at radius 1 is 1.32 bits per heavy atom. The fraction of sp³-hybridized carbons (Fsp3) is 0.429. The molecule has 2 aromatic rings. The minimum absolute atomic E-state index is 0.171. The quantitative estimate of drug-likeness (QED) is 0.0906. The van der Waals surface area contributed by atoms with Gasteiger partial charge in [0.05, 0.1) is 11.1 Å². The standard InChI is InChI=1S/C19H22IN3OS2.C2H6/c1-4-6-7-8-14-9-15-10-18(19(24)13(5-2)12-21)23(26-20)17(15)11-16(14)22-25-3;1-2/h5,9-11,22H,4,6-8H2,1-3H3;1-2H3/b13-5+;. The highest BCUT2D eigenvalue weighted by atomic mass is 127. The van der Waals surface area contributed by atoms with Crippen LogP contribution in [0.1, 0.15) is 63.0 Å². The van der Waals surface area contributed by atoms with Crippen LogP contribution in [-0.2, 0) is 6.42 Å². The lowest BCUT2D eigenvalue weighted by molar-refractivity contribution is 0.103. The van der Waals surface area contributed by atoms with E-state index in [4.69, 9.17) is 0 Å². The minimum atomic E-state index is -0.234. The highest BCUT2D eigenvalue weighted by Gasteiger charge is 2.20. The Labute approximate surface area is 189 Å². The molecule has 7 heteroatoms. The molecule has 0 saturated heterocycles. The number of hydrogen-bond acceptors (Lipinski definition) is 5. The minimum Gasteiger partial charge on any atom is -0.330 e. The summed E-state index contributed by atoms with van der Waals surface area (Å²) in [5, 5.41) is 10.2. The summed E-state index contributed by atoms with van der Waals surface area (Å²) in [6.45, 7) is 7.92. The van der Waals surface area contributed by atoms with Crippen molar-refractivity contribution in [2.24, 2.45) is 0 Å². The number of hydrogen-bond donors (Lipinski definition) is 1. The summed E-state index contributed by atoms with van der Waals surface area (Å²) in [5.74, 6) is -0.234. The number of fused-ring (bicyclic) bond motifs is 1. The van der Waals surface area contributed by atoms with E-state index in [0.29, 0.717) is 5.69 Å². The number of nitrogens with zero attached hydrogens (tertiary/aromatic N) is 2. The molecule has 1 heterocycles. The smallest absolute Gasteiger partial charge is 0.220 e. The summed E-state index contributed by atoms with van der Waals surface area (Å²) < 4.78 is 5.28. The zero-order chi connectivity index (χ0) is 21.1. The number of ketones is 1. The molecule has 0 bridgehead atoms. The lowest BCUT2D eigenvalue weighted by Gasteiger charge is -2.12. The van der Waals surface area contributed by atoms with Crippen molar-refractivity contribution in [1.82, 2.24) is 3.97 Å². The second-order valence-corrected chi connectivity index (χ2v) is 8.16. The summed E-state index contributed by atoms with van der Waals surface area (Å²) in [6.07, 6.45) is 8.13. The van der Waals surface area contributed by atoms with Gasteiger partial charge >= 0.3 is 0 Å². The molecule has 152 valence electrons. The number of rotatable bonds is 9. The first-order valence-electron chi connectivity index (χ1n) is 9.48. The van der Waals surface area contributed by atoms with Crippen molar-refractivity contribution >= 4 is 64.6 Å². The molecule has 1 N–H and O–H groups in total. The monoisotopic (exact) mass is 529 g/mol. The molecule has 0 spiro atoms. The zero-order valence-electron chi connectivity index (χ0n) is 17.1. The molecule has 0 fully saturated rings. The molecule has 2 rings (SSSR count). The maximum Gasteiger partial charge on any atom is 0.220 e. The van der Waals surface area contributed by atoms with E-state index >= 15 is 0 Å². The van der Waals surface area contributed by atoms with Crippen molar-refractivity contribution in [3.63, 3.8) is 0 Å². The molecule has 0 atom stereocenters. The Bertz CT molecular complexity index is 869. The molecule has 4 nitrogen and oxygen atoms in total. The van der Waals surface area contributed by atoms with Crippen LogP contribution in [0.2, 0.25) is 0 Å². The Morgan fingerprint density at radius 3 is 2.57 bits per heavy atom. The fourth-order valence-corrected chi connectivity index (χ4v) is 5.00. The molecule has 0 aliphatic heterocycles. The second kappa shape index (κ2) is 13.2. The lowest BCUT2D eigenvalue weighted by atomic mass is 10.0. The van der Waals surface area contributed by atoms with E-state index in [1.54, 1.807) is 24.9 Å². The second-order valence-electron chi connectivity index (χ2n) is 5.87. The van der Waals surface area contributed by atoms with E-state index < -0.39 is 0 Å². The number of carbonyl (C=O) groups excluding carboxylic acids is 1. The predicted molar refractivity (Wildman–Crippen MR) is 134 cm³/mol. The van der Waals surface area contributed by atoms with E-state index in [1.807, 2.05) is 36.2 Å². The van der Waals surface area contributed by atoms with Gasteiger partial charge in [-0.05, 0) is 43.5 Å². The van der Waals surface area contributed by atoms with Gasteiger partial charge in [0.2, 0.25) is 5.78 Å². The molecule has 0 radical (unpaired) electrons. The summed E-state index contributed by atoms with van der Waals surface area (Å²) in [7, 11) is 1.45. The number of carbonyl (C=O) groups is 1. The topological polar surface area (TPSA) is 57.8 Å². The molecule has 0 saturated carbocycles. The Morgan fingerprint density at radius 2 is 2.04 bits per heavy atom. The van der Waals surface area contributed by atoms with Crippen LogP contribution in [0.3, 0.4) is 0 Å². The van der Waals surface area contributed by atoms with Gasteiger partial charge in [-0.2, -0.15) is 5.26 Å². The molecule has 28 heavy (non-hydrogen) atoms. The van der Waals surface area contributed by atoms with Crippen molar-refractivity contribution in [3.05, 3.63) is 41.1 Å². The molecular formula is C21H28IN3OS2. The summed E-state index contributed by atoms with van der Waals surface area (Å²) >= 11 is 3.74. The molecule has 0 amide bonds. The maximum absolute atomic E-state index is 12.7. The predicted octanol–water partition coefficient (Wildman–Crippen LogP) is 7.59. The van der Waals surface area contributed by atoms with E-state index in [1.165, 1.54) is 27.5 Å². The van der Waals surface area contributed by atoms with Gasteiger partial charge in [0.15, 0.2) is 0 Å². The van der Waals surface area contributed by atoms with Crippen LogP contribution in [0.5, 0.6) is 0 Å². The summed E-state index contributed by atoms with van der Waals surface area (Å²) in [4.78, 5) is 12.7. The van der Waals surface area contributed by atoms with Crippen LogP contribution >= 0.6 is 42.3 Å². The van der Waals surface area contributed by atoms with Crippen molar-refractivity contribution < 1.29 is 4.79 Å². The third-order valence-electron chi connectivity index (χ3n) is 4.20.